The highest BCUT2D eigenvalue weighted by Gasteiger charge is 2.16. The van der Waals surface area contributed by atoms with Gasteiger partial charge in [-0.15, -0.1) is 23.2 Å². The second kappa shape index (κ2) is 7.17. The highest BCUT2D eigenvalue weighted by atomic mass is 35.5. The summed E-state index contributed by atoms with van der Waals surface area (Å²) < 4.78 is 0. The van der Waals surface area contributed by atoms with E-state index in [4.69, 9.17) is 33.4 Å². The minimum atomic E-state index is -0.187. The summed E-state index contributed by atoms with van der Waals surface area (Å²) >= 11 is 11.3. The van der Waals surface area contributed by atoms with E-state index in [1.165, 1.54) is 0 Å². The van der Waals surface area contributed by atoms with E-state index >= 15 is 0 Å². The molecule has 0 amide bonds. The van der Waals surface area contributed by atoms with Crippen molar-refractivity contribution in [1.82, 2.24) is 0 Å². The van der Waals surface area contributed by atoms with Crippen molar-refractivity contribution < 1.29 is 10.2 Å². The fraction of sp³-hybridized carbons (Fsp3) is 1.00. The highest BCUT2D eigenvalue weighted by Crippen LogP contribution is 2.17. The molecule has 0 rings (SSSR count). The number of rotatable bonds is 6. The first kappa shape index (κ1) is 11.5. The molecule has 0 aliphatic heterocycles. The molecule has 0 aromatic rings. The summed E-state index contributed by atoms with van der Waals surface area (Å²) in [5.41, 5.74) is 0. The van der Waals surface area contributed by atoms with Gasteiger partial charge >= 0.3 is 0 Å². The number of aliphatic hydroxyl groups excluding tert-OH is 2. The van der Waals surface area contributed by atoms with Crippen molar-refractivity contribution in [3.8, 4) is 0 Å². The van der Waals surface area contributed by atoms with Gasteiger partial charge in [-0.3, -0.25) is 0 Å². The molecule has 4 heteroatoms. The molecule has 68 valence electrons. The Morgan fingerprint density at radius 1 is 1.27 bits per heavy atom. The summed E-state index contributed by atoms with van der Waals surface area (Å²) in [5.74, 6) is 0.361. The predicted octanol–water partition coefficient (Wildman–Crippen LogP) is 1.21. The summed E-state index contributed by atoms with van der Waals surface area (Å²) in [6, 6.07) is 0. The van der Waals surface area contributed by atoms with Gasteiger partial charge in [0.2, 0.25) is 0 Å². The van der Waals surface area contributed by atoms with E-state index in [0.717, 1.165) is 6.42 Å². The molecule has 11 heavy (non-hydrogen) atoms. The number of hydrogen-bond donors (Lipinski definition) is 2. The number of alkyl halides is 2. The zero-order chi connectivity index (χ0) is 8.69. The summed E-state index contributed by atoms with van der Waals surface area (Å²) in [6.07, 6.45) is 1.40. The van der Waals surface area contributed by atoms with E-state index in [1.54, 1.807) is 0 Å². The third-order valence-corrected chi connectivity index (χ3v) is 2.63. The molecule has 2 atom stereocenters. The molecule has 0 aromatic carbocycles. The van der Waals surface area contributed by atoms with E-state index in [9.17, 15) is 0 Å². The van der Waals surface area contributed by atoms with Crippen LogP contribution < -0.4 is 0 Å². The van der Waals surface area contributed by atoms with Crippen LogP contribution in [0.1, 0.15) is 12.8 Å². The molecule has 0 aromatic heterocycles. The number of halogens is 2. The molecule has 0 radical (unpaired) electrons. The van der Waals surface area contributed by atoms with Crippen LogP contribution in [0.3, 0.4) is 0 Å². The average Bonchev–Trinajstić information content (AvgIpc) is 2.05. The fourth-order valence-corrected chi connectivity index (χ4v) is 1.32. The van der Waals surface area contributed by atoms with E-state index in [0.29, 0.717) is 12.3 Å². The Balaban J connectivity index is 3.56. The molecule has 2 N–H and O–H groups in total. The van der Waals surface area contributed by atoms with Gasteiger partial charge in [-0.25, -0.2) is 0 Å². The largest absolute Gasteiger partial charge is 0.396 e. The van der Waals surface area contributed by atoms with Crippen LogP contribution >= 0.6 is 23.2 Å². The maximum absolute atomic E-state index is 8.83. The van der Waals surface area contributed by atoms with Crippen molar-refractivity contribution >= 4 is 23.2 Å². The van der Waals surface area contributed by atoms with Gasteiger partial charge in [-0.2, -0.15) is 0 Å². The standard InChI is InChI=1S/C7H14Cl2O2/c8-4-7(9)6(5-11)2-1-3-10/h6-7,10-11H,1-5H2. The Morgan fingerprint density at radius 2 is 1.91 bits per heavy atom. The van der Waals surface area contributed by atoms with E-state index in [-0.39, 0.29) is 24.5 Å². The Morgan fingerprint density at radius 3 is 2.27 bits per heavy atom. The fourth-order valence-electron chi connectivity index (χ4n) is 0.866. The predicted molar refractivity (Wildman–Crippen MR) is 47.3 cm³/mol. The summed E-state index contributed by atoms with van der Waals surface area (Å²) in [5, 5.41) is 17.2. The van der Waals surface area contributed by atoms with Crippen LogP contribution in [0.2, 0.25) is 0 Å². The SMILES string of the molecule is OCCCC(CO)C(Cl)CCl. The van der Waals surface area contributed by atoms with Crippen LogP contribution in [-0.2, 0) is 0 Å². The van der Waals surface area contributed by atoms with Crippen LogP contribution in [0, 0.1) is 5.92 Å². The smallest absolute Gasteiger partial charge is 0.0521 e. The first-order valence-corrected chi connectivity index (χ1v) is 4.65. The van der Waals surface area contributed by atoms with Gasteiger partial charge in [-0.1, -0.05) is 0 Å². The van der Waals surface area contributed by atoms with Crippen molar-refractivity contribution in [2.45, 2.75) is 18.2 Å². The lowest BCUT2D eigenvalue weighted by Crippen LogP contribution is -2.20. The monoisotopic (exact) mass is 200 g/mol. The summed E-state index contributed by atoms with van der Waals surface area (Å²) in [7, 11) is 0. The van der Waals surface area contributed by atoms with Crippen LogP contribution in [-0.4, -0.2) is 34.7 Å². The van der Waals surface area contributed by atoms with Crippen LogP contribution in [0.5, 0.6) is 0 Å². The minimum Gasteiger partial charge on any atom is -0.396 e. The third kappa shape index (κ3) is 4.86. The van der Waals surface area contributed by atoms with Crippen LogP contribution in [0.15, 0.2) is 0 Å². The lowest BCUT2D eigenvalue weighted by molar-refractivity contribution is 0.201. The molecule has 2 nitrogen and oxygen atoms in total. The zero-order valence-corrected chi connectivity index (χ0v) is 7.85. The second-order valence-corrected chi connectivity index (χ2v) is 3.35. The molecule has 2 unspecified atom stereocenters. The number of aliphatic hydroxyl groups is 2. The molecule has 0 heterocycles. The average molecular weight is 201 g/mol. The lowest BCUT2D eigenvalue weighted by Gasteiger charge is -2.16. The Hall–Kier alpha value is 0.500. The van der Waals surface area contributed by atoms with Gasteiger partial charge in [0.05, 0.1) is 5.38 Å². The van der Waals surface area contributed by atoms with Crippen molar-refractivity contribution in [2.75, 3.05) is 19.1 Å². The maximum Gasteiger partial charge on any atom is 0.0521 e. The van der Waals surface area contributed by atoms with Gasteiger partial charge in [-0.05, 0) is 18.8 Å². The highest BCUT2D eigenvalue weighted by molar-refractivity contribution is 6.28. The molecule has 0 spiro atoms. The Bertz CT molecular complexity index is 90.5. The van der Waals surface area contributed by atoms with E-state index in [2.05, 4.69) is 0 Å². The van der Waals surface area contributed by atoms with Crippen molar-refractivity contribution in [3.05, 3.63) is 0 Å². The van der Waals surface area contributed by atoms with Crippen molar-refractivity contribution in [2.24, 2.45) is 5.92 Å². The molecule has 0 saturated heterocycles. The third-order valence-electron chi connectivity index (χ3n) is 1.63. The molecule has 0 bridgehead atoms. The zero-order valence-electron chi connectivity index (χ0n) is 6.34. The molecular formula is C7H14Cl2O2. The van der Waals surface area contributed by atoms with Gasteiger partial charge in [0.1, 0.15) is 0 Å². The Labute approximate surface area is 77.1 Å². The topological polar surface area (TPSA) is 40.5 Å². The van der Waals surface area contributed by atoms with Gasteiger partial charge in [0.25, 0.3) is 0 Å². The normalized spacial score (nSPS) is 16.4. The summed E-state index contributed by atoms with van der Waals surface area (Å²) in [6.45, 7) is 0.184. The van der Waals surface area contributed by atoms with Gasteiger partial charge in [0, 0.05) is 19.1 Å². The van der Waals surface area contributed by atoms with Crippen molar-refractivity contribution in [3.63, 3.8) is 0 Å². The second-order valence-electron chi connectivity index (χ2n) is 2.48. The molecule has 0 fully saturated rings. The van der Waals surface area contributed by atoms with Crippen molar-refractivity contribution in [1.29, 1.82) is 0 Å². The van der Waals surface area contributed by atoms with E-state index < -0.39 is 0 Å². The Kier molecular flexibility index (Phi) is 7.49. The quantitative estimate of drug-likeness (QED) is 0.634. The number of hydrogen-bond acceptors (Lipinski definition) is 2. The van der Waals surface area contributed by atoms with Crippen LogP contribution in [0.4, 0.5) is 0 Å². The first-order valence-electron chi connectivity index (χ1n) is 3.68. The minimum absolute atomic E-state index is 0.0151. The maximum atomic E-state index is 8.83. The molecule has 0 saturated carbocycles. The van der Waals surface area contributed by atoms with Crippen LogP contribution in [0.25, 0.3) is 0 Å². The first-order chi connectivity index (χ1) is 5.26. The molecule has 0 aliphatic rings. The lowest BCUT2D eigenvalue weighted by atomic mass is 10.0. The van der Waals surface area contributed by atoms with Gasteiger partial charge < -0.3 is 10.2 Å². The molecular weight excluding hydrogens is 187 g/mol. The van der Waals surface area contributed by atoms with E-state index in [1.807, 2.05) is 0 Å². The molecule has 0 aliphatic carbocycles. The van der Waals surface area contributed by atoms with Gasteiger partial charge in [0.15, 0.2) is 0 Å². The summed E-state index contributed by atoms with van der Waals surface area (Å²) in [4.78, 5) is 0.